The number of anilines is 1. The Kier molecular flexibility index (Phi) is 3.14. The zero-order valence-electron chi connectivity index (χ0n) is 8.19. The highest BCUT2D eigenvalue weighted by Crippen LogP contribution is 2.21. The second-order valence-corrected chi connectivity index (χ2v) is 4.44. The molecule has 76 valence electrons. The predicted molar refractivity (Wildman–Crippen MR) is 60.1 cm³/mol. The molecular formula is C10H14N2OS. The number of methoxy groups -OCH3 is 1. The summed E-state index contributed by atoms with van der Waals surface area (Å²) < 4.78 is 5.13. The number of hydrogen-bond donors (Lipinski definition) is 1. The fraction of sp³-hybridized carbons (Fsp3) is 0.500. The molecule has 4 heteroatoms. The van der Waals surface area contributed by atoms with Crippen LogP contribution in [0.25, 0.3) is 0 Å². The van der Waals surface area contributed by atoms with E-state index in [9.17, 15) is 0 Å². The van der Waals surface area contributed by atoms with Gasteiger partial charge < -0.3 is 10.1 Å². The predicted octanol–water partition coefficient (Wildman–Crippen LogP) is 2.01. The average Bonchev–Trinajstić information content (AvgIpc) is 2.71. The van der Waals surface area contributed by atoms with Crippen LogP contribution in [-0.4, -0.2) is 29.6 Å². The molecule has 0 aromatic carbocycles. The van der Waals surface area contributed by atoms with Crippen molar-refractivity contribution in [1.82, 2.24) is 4.98 Å². The van der Waals surface area contributed by atoms with Crippen LogP contribution in [0.5, 0.6) is 5.75 Å². The summed E-state index contributed by atoms with van der Waals surface area (Å²) in [4.78, 5) is 4.25. The molecule has 1 aromatic heterocycles. The molecule has 0 amide bonds. The Labute approximate surface area is 88.3 Å². The van der Waals surface area contributed by atoms with E-state index in [0.29, 0.717) is 6.04 Å². The molecule has 1 atom stereocenters. The smallest absolute Gasteiger partial charge is 0.129 e. The van der Waals surface area contributed by atoms with Crippen molar-refractivity contribution in [2.24, 2.45) is 0 Å². The van der Waals surface area contributed by atoms with Gasteiger partial charge in [0.15, 0.2) is 0 Å². The second kappa shape index (κ2) is 4.55. The van der Waals surface area contributed by atoms with E-state index in [1.165, 1.54) is 17.9 Å². The van der Waals surface area contributed by atoms with Crippen LogP contribution < -0.4 is 10.1 Å². The molecule has 2 rings (SSSR count). The highest BCUT2D eigenvalue weighted by molar-refractivity contribution is 7.99. The van der Waals surface area contributed by atoms with Gasteiger partial charge in [-0.3, -0.25) is 0 Å². The van der Waals surface area contributed by atoms with E-state index < -0.39 is 0 Å². The van der Waals surface area contributed by atoms with E-state index in [4.69, 9.17) is 4.74 Å². The molecule has 1 aliphatic rings. The topological polar surface area (TPSA) is 34.1 Å². The Morgan fingerprint density at radius 3 is 3.29 bits per heavy atom. The van der Waals surface area contributed by atoms with Gasteiger partial charge in [-0.1, -0.05) is 0 Å². The van der Waals surface area contributed by atoms with Crippen molar-refractivity contribution in [2.75, 3.05) is 23.9 Å². The zero-order chi connectivity index (χ0) is 9.80. The lowest BCUT2D eigenvalue weighted by atomic mass is 10.2. The quantitative estimate of drug-likeness (QED) is 0.827. The number of hydrogen-bond acceptors (Lipinski definition) is 4. The van der Waals surface area contributed by atoms with E-state index in [2.05, 4.69) is 10.3 Å². The average molecular weight is 210 g/mol. The van der Waals surface area contributed by atoms with Gasteiger partial charge in [-0.2, -0.15) is 11.8 Å². The highest BCUT2D eigenvalue weighted by atomic mass is 32.2. The number of aromatic nitrogens is 1. The van der Waals surface area contributed by atoms with Gasteiger partial charge in [0.05, 0.1) is 7.11 Å². The van der Waals surface area contributed by atoms with Gasteiger partial charge in [0.1, 0.15) is 11.6 Å². The largest absolute Gasteiger partial charge is 0.497 e. The lowest BCUT2D eigenvalue weighted by molar-refractivity contribution is 0.414. The standard InChI is InChI=1S/C10H14N2OS/c1-13-9-2-4-11-10(6-9)12-8-3-5-14-7-8/h2,4,6,8H,3,5,7H2,1H3,(H,11,12). The molecule has 1 saturated heterocycles. The Morgan fingerprint density at radius 1 is 1.64 bits per heavy atom. The summed E-state index contributed by atoms with van der Waals surface area (Å²) in [7, 11) is 1.67. The maximum Gasteiger partial charge on any atom is 0.129 e. The van der Waals surface area contributed by atoms with Crippen LogP contribution in [0.2, 0.25) is 0 Å². The summed E-state index contributed by atoms with van der Waals surface area (Å²) in [5.41, 5.74) is 0. The van der Waals surface area contributed by atoms with Gasteiger partial charge in [-0.25, -0.2) is 4.98 Å². The first-order valence-corrected chi connectivity index (χ1v) is 5.88. The number of thioether (sulfide) groups is 1. The summed E-state index contributed by atoms with van der Waals surface area (Å²) in [6.45, 7) is 0. The zero-order valence-corrected chi connectivity index (χ0v) is 9.01. The molecule has 0 bridgehead atoms. The Hall–Kier alpha value is -0.900. The third-order valence-corrected chi connectivity index (χ3v) is 3.41. The lowest BCUT2D eigenvalue weighted by Gasteiger charge is -2.12. The fourth-order valence-corrected chi connectivity index (χ4v) is 2.63. The minimum absolute atomic E-state index is 0.569. The second-order valence-electron chi connectivity index (χ2n) is 3.29. The molecule has 1 N–H and O–H groups in total. The highest BCUT2D eigenvalue weighted by Gasteiger charge is 2.15. The minimum atomic E-state index is 0.569. The van der Waals surface area contributed by atoms with Crippen molar-refractivity contribution in [3.05, 3.63) is 18.3 Å². The number of nitrogens with one attached hydrogen (secondary N) is 1. The third kappa shape index (κ3) is 2.32. The number of rotatable bonds is 3. The first kappa shape index (κ1) is 9.65. The maximum atomic E-state index is 5.13. The van der Waals surface area contributed by atoms with Crippen LogP contribution in [0.15, 0.2) is 18.3 Å². The van der Waals surface area contributed by atoms with Crippen molar-refractivity contribution in [1.29, 1.82) is 0 Å². The van der Waals surface area contributed by atoms with E-state index in [-0.39, 0.29) is 0 Å². The van der Waals surface area contributed by atoms with Crippen LogP contribution >= 0.6 is 11.8 Å². The van der Waals surface area contributed by atoms with Crippen LogP contribution in [0.4, 0.5) is 5.82 Å². The van der Waals surface area contributed by atoms with E-state index >= 15 is 0 Å². The van der Waals surface area contributed by atoms with E-state index in [1.807, 2.05) is 23.9 Å². The van der Waals surface area contributed by atoms with Crippen LogP contribution in [0.3, 0.4) is 0 Å². The first-order valence-electron chi connectivity index (χ1n) is 4.73. The number of nitrogens with zero attached hydrogens (tertiary/aromatic N) is 1. The molecule has 3 nitrogen and oxygen atoms in total. The van der Waals surface area contributed by atoms with Crippen LogP contribution in [-0.2, 0) is 0 Å². The van der Waals surface area contributed by atoms with Gasteiger partial charge in [0.25, 0.3) is 0 Å². The van der Waals surface area contributed by atoms with Crippen molar-refractivity contribution >= 4 is 17.6 Å². The first-order chi connectivity index (χ1) is 6.88. The van der Waals surface area contributed by atoms with Gasteiger partial charge in [0.2, 0.25) is 0 Å². The SMILES string of the molecule is COc1ccnc(NC2CCSC2)c1. The number of pyridine rings is 1. The molecule has 1 unspecified atom stereocenters. The normalized spacial score (nSPS) is 20.8. The third-order valence-electron chi connectivity index (χ3n) is 2.25. The summed E-state index contributed by atoms with van der Waals surface area (Å²) in [5, 5.41) is 3.40. The molecular weight excluding hydrogens is 196 g/mol. The van der Waals surface area contributed by atoms with Crippen molar-refractivity contribution in [3.63, 3.8) is 0 Å². The summed E-state index contributed by atoms with van der Waals surface area (Å²) >= 11 is 1.99. The molecule has 14 heavy (non-hydrogen) atoms. The van der Waals surface area contributed by atoms with Gasteiger partial charge in [-0.15, -0.1) is 0 Å². The summed E-state index contributed by atoms with van der Waals surface area (Å²) in [6, 6.07) is 4.36. The van der Waals surface area contributed by atoms with Crippen LogP contribution in [0.1, 0.15) is 6.42 Å². The molecule has 1 fully saturated rings. The van der Waals surface area contributed by atoms with E-state index in [0.717, 1.165) is 11.6 Å². The molecule has 0 radical (unpaired) electrons. The lowest BCUT2D eigenvalue weighted by Crippen LogP contribution is -2.18. The van der Waals surface area contributed by atoms with Gasteiger partial charge in [-0.05, 0) is 18.2 Å². The van der Waals surface area contributed by atoms with Crippen molar-refractivity contribution < 1.29 is 4.74 Å². The summed E-state index contributed by atoms with van der Waals surface area (Å²) in [6.07, 6.45) is 2.99. The van der Waals surface area contributed by atoms with Gasteiger partial charge in [0, 0.05) is 24.1 Å². The molecule has 1 aliphatic heterocycles. The Morgan fingerprint density at radius 2 is 2.57 bits per heavy atom. The maximum absolute atomic E-state index is 5.13. The van der Waals surface area contributed by atoms with Crippen molar-refractivity contribution in [3.8, 4) is 5.75 Å². The van der Waals surface area contributed by atoms with Crippen molar-refractivity contribution in [2.45, 2.75) is 12.5 Å². The number of ether oxygens (including phenoxy) is 1. The summed E-state index contributed by atoms with van der Waals surface area (Å²) in [5.74, 6) is 4.20. The Balaban J connectivity index is 2.00. The molecule has 2 heterocycles. The molecule has 0 aliphatic carbocycles. The van der Waals surface area contributed by atoms with Gasteiger partial charge >= 0.3 is 0 Å². The molecule has 0 saturated carbocycles. The molecule has 1 aromatic rings. The van der Waals surface area contributed by atoms with Crippen LogP contribution in [0, 0.1) is 0 Å². The minimum Gasteiger partial charge on any atom is -0.497 e. The Bertz CT molecular complexity index is 300. The monoisotopic (exact) mass is 210 g/mol. The van der Waals surface area contributed by atoms with E-state index in [1.54, 1.807) is 13.3 Å². The fourth-order valence-electron chi connectivity index (χ4n) is 1.47. The molecule has 0 spiro atoms.